The van der Waals surface area contributed by atoms with Gasteiger partial charge in [-0.25, -0.2) is 4.79 Å². The fourth-order valence-electron chi connectivity index (χ4n) is 5.15. The molecule has 1 heterocycles. The Balaban J connectivity index is 1.08. The number of hydrogen-bond donors (Lipinski definition) is 1. The third-order valence-electron chi connectivity index (χ3n) is 7.51. The number of esters is 1. The van der Waals surface area contributed by atoms with E-state index in [1.54, 1.807) is 31.2 Å². The molecule has 0 bridgehead atoms. The summed E-state index contributed by atoms with van der Waals surface area (Å²) in [6, 6.07) is 33.0. The van der Waals surface area contributed by atoms with Gasteiger partial charge in [0.15, 0.2) is 6.61 Å². The molecule has 0 radical (unpaired) electrons. The number of carbonyl (C=O) groups excluding carboxylic acids is 3. The van der Waals surface area contributed by atoms with E-state index in [2.05, 4.69) is 58.7 Å². The Morgan fingerprint density at radius 1 is 0.727 bits per heavy atom. The summed E-state index contributed by atoms with van der Waals surface area (Å²) in [6.07, 6.45) is 0. The molecule has 1 aliphatic heterocycles. The molecule has 0 aliphatic carbocycles. The summed E-state index contributed by atoms with van der Waals surface area (Å²) in [5.74, 6) is -0.304. The van der Waals surface area contributed by atoms with Crippen molar-refractivity contribution in [3.63, 3.8) is 0 Å². The highest BCUT2D eigenvalue weighted by atomic mass is 16.6. The first kappa shape index (κ1) is 30.5. The smallest absolute Gasteiger partial charge is 0.344 e. The van der Waals surface area contributed by atoms with Crippen LogP contribution in [-0.2, 0) is 22.6 Å². The number of piperazine rings is 1. The number of amides is 2. The second-order valence-corrected chi connectivity index (χ2v) is 10.6. The second-order valence-electron chi connectivity index (χ2n) is 10.6. The van der Waals surface area contributed by atoms with Crippen LogP contribution in [0.25, 0.3) is 11.1 Å². The molecule has 0 aromatic heterocycles. The van der Waals surface area contributed by atoms with Crippen LogP contribution in [0.1, 0.15) is 38.8 Å². The van der Waals surface area contributed by atoms with E-state index in [0.717, 1.165) is 25.2 Å². The molecule has 4 aromatic carbocycles. The van der Waals surface area contributed by atoms with E-state index < -0.39 is 5.97 Å². The van der Waals surface area contributed by atoms with Crippen LogP contribution in [-0.4, -0.2) is 67.0 Å². The Morgan fingerprint density at radius 2 is 1.45 bits per heavy atom. The summed E-state index contributed by atoms with van der Waals surface area (Å²) in [7, 11) is 0. The molecule has 1 fully saturated rings. The van der Waals surface area contributed by atoms with Gasteiger partial charge in [0.05, 0.1) is 6.61 Å². The molecule has 226 valence electrons. The average molecular weight is 592 g/mol. The maximum absolute atomic E-state index is 13.2. The van der Waals surface area contributed by atoms with Crippen LogP contribution in [0.2, 0.25) is 0 Å². The predicted molar refractivity (Wildman–Crippen MR) is 169 cm³/mol. The van der Waals surface area contributed by atoms with Crippen LogP contribution >= 0.6 is 0 Å². The molecule has 44 heavy (non-hydrogen) atoms. The molecule has 0 unspecified atom stereocenters. The van der Waals surface area contributed by atoms with Crippen molar-refractivity contribution < 1.29 is 23.9 Å². The molecule has 2 amide bonds. The van der Waals surface area contributed by atoms with E-state index in [1.807, 2.05) is 35.2 Å². The van der Waals surface area contributed by atoms with Gasteiger partial charge in [0.25, 0.3) is 11.8 Å². The molecular formula is C36H37N3O5. The van der Waals surface area contributed by atoms with Crippen molar-refractivity contribution in [3.8, 4) is 16.9 Å². The zero-order valence-electron chi connectivity index (χ0n) is 24.9. The third-order valence-corrected chi connectivity index (χ3v) is 7.51. The Bertz CT molecular complexity index is 1560. The SMILES string of the molecule is CCOC(=O)COc1cccc(C(=O)NCc2ccc(C(=O)N3CCN(Cc4cccc(-c5ccccc5)c4)CC3)cc2)c1. The molecule has 0 atom stereocenters. The highest BCUT2D eigenvalue weighted by Gasteiger charge is 2.22. The van der Waals surface area contributed by atoms with Gasteiger partial charge in [-0.15, -0.1) is 0 Å². The molecule has 4 aromatic rings. The summed E-state index contributed by atoms with van der Waals surface area (Å²) < 4.78 is 10.3. The highest BCUT2D eigenvalue weighted by molar-refractivity contribution is 5.95. The quantitative estimate of drug-likeness (QED) is 0.242. The van der Waals surface area contributed by atoms with Crippen LogP contribution < -0.4 is 10.1 Å². The van der Waals surface area contributed by atoms with Crippen molar-refractivity contribution in [2.45, 2.75) is 20.0 Å². The number of benzene rings is 4. The molecule has 1 N–H and O–H groups in total. The number of hydrogen-bond acceptors (Lipinski definition) is 6. The maximum Gasteiger partial charge on any atom is 0.344 e. The van der Waals surface area contributed by atoms with Crippen molar-refractivity contribution in [2.24, 2.45) is 0 Å². The lowest BCUT2D eigenvalue weighted by Crippen LogP contribution is -2.48. The van der Waals surface area contributed by atoms with Crippen molar-refractivity contribution in [1.82, 2.24) is 15.1 Å². The van der Waals surface area contributed by atoms with Crippen molar-refractivity contribution in [1.29, 1.82) is 0 Å². The summed E-state index contributed by atoms with van der Waals surface area (Å²) in [6.45, 7) is 5.95. The first-order valence-electron chi connectivity index (χ1n) is 14.9. The summed E-state index contributed by atoms with van der Waals surface area (Å²) >= 11 is 0. The largest absolute Gasteiger partial charge is 0.482 e. The van der Waals surface area contributed by atoms with Crippen LogP contribution in [0.4, 0.5) is 0 Å². The minimum Gasteiger partial charge on any atom is -0.482 e. The van der Waals surface area contributed by atoms with E-state index >= 15 is 0 Å². The fourth-order valence-corrected chi connectivity index (χ4v) is 5.15. The number of carbonyl (C=O) groups is 3. The monoisotopic (exact) mass is 591 g/mol. The van der Waals surface area contributed by atoms with Gasteiger partial charge in [-0.3, -0.25) is 14.5 Å². The third kappa shape index (κ3) is 8.33. The lowest BCUT2D eigenvalue weighted by Gasteiger charge is -2.35. The zero-order chi connectivity index (χ0) is 30.7. The first-order chi connectivity index (χ1) is 21.5. The van der Waals surface area contributed by atoms with Crippen LogP contribution in [0.15, 0.2) is 103 Å². The molecule has 0 saturated carbocycles. The highest BCUT2D eigenvalue weighted by Crippen LogP contribution is 2.21. The molecule has 8 heteroatoms. The molecule has 0 spiro atoms. The van der Waals surface area contributed by atoms with E-state index in [9.17, 15) is 14.4 Å². The van der Waals surface area contributed by atoms with Gasteiger partial charge in [-0.1, -0.05) is 66.7 Å². The number of rotatable bonds is 11. The van der Waals surface area contributed by atoms with Gasteiger partial charge < -0.3 is 19.7 Å². The van der Waals surface area contributed by atoms with Crippen molar-refractivity contribution in [3.05, 3.63) is 125 Å². The zero-order valence-corrected chi connectivity index (χ0v) is 24.9. The van der Waals surface area contributed by atoms with Gasteiger partial charge in [-0.05, 0) is 65.6 Å². The van der Waals surface area contributed by atoms with Gasteiger partial charge in [0, 0.05) is 50.4 Å². The fraction of sp³-hybridized carbons (Fsp3) is 0.250. The van der Waals surface area contributed by atoms with Gasteiger partial charge >= 0.3 is 5.97 Å². The van der Waals surface area contributed by atoms with Crippen molar-refractivity contribution in [2.75, 3.05) is 39.4 Å². The Morgan fingerprint density at radius 3 is 2.20 bits per heavy atom. The first-order valence-corrected chi connectivity index (χ1v) is 14.9. The van der Waals surface area contributed by atoms with Crippen LogP contribution in [0.5, 0.6) is 5.75 Å². The average Bonchev–Trinajstić information content (AvgIpc) is 3.07. The topological polar surface area (TPSA) is 88.2 Å². The van der Waals surface area contributed by atoms with Gasteiger partial charge in [0.2, 0.25) is 0 Å². The van der Waals surface area contributed by atoms with E-state index in [0.29, 0.717) is 36.5 Å². The second kappa shape index (κ2) is 15.0. The van der Waals surface area contributed by atoms with E-state index in [-0.39, 0.29) is 25.0 Å². The van der Waals surface area contributed by atoms with Gasteiger partial charge in [-0.2, -0.15) is 0 Å². The maximum atomic E-state index is 13.2. The molecule has 5 rings (SSSR count). The lowest BCUT2D eigenvalue weighted by molar-refractivity contribution is -0.145. The molecule has 1 aliphatic rings. The molecular weight excluding hydrogens is 554 g/mol. The summed E-state index contributed by atoms with van der Waals surface area (Å²) in [5, 5.41) is 2.89. The van der Waals surface area contributed by atoms with Crippen LogP contribution in [0, 0.1) is 0 Å². The number of nitrogens with one attached hydrogen (secondary N) is 1. The lowest BCUT2D eigenvalue weighted by atomic mass is 10.0. The summed E-state index contributed by atoms with van der Waals surface area (Å²) in [5.41, 5.74) is 5.63. The van der Waals surface area contributed by atoms with E-state index in [1.165, 1.54) is 16.7 Å². The molecule has 8 nitrogen and oxygen atoms in total. The summed E-state index contributed by atoms with van der Waals surface area (Å²) in [4.78, 5) is 41.7. The van der Waals surface area contributed by atoms with Gasteiger partial charge in [0.1, 0.15) is 5.75 Å². The Labute approximate surface area is 258 Å². The minimum atomic E-state index is -0.465. The standard InChI is InChI=1S/C36H37N3O5/c1-2-43-34(40)26-44-33-13-7-12-32(23-33)35(41)37-24-27-14-16-30(17-15-27)36(42)39-20-18-38(19-21-39)25-28-8-6-11-31(22-28)29-9-4-3-5-10-29/h3-17,22-23H,2,18-21,24-26H2,1H3,(H,37,41). The van der Waals surface area contributed by atoms with Crippen molar-refractivity contribution >= 4 is 17.8 Å². The van der Waals surface area contributed by atoms with Crippen LogP contribution in [0.3, 0.4) is 0 Å². The molecule has 1 saturated heterocycles. The predicted octanol–water partition coefficient (Wildman–Crippen LogP) is 5.18. The Kier molecular flexibility index (Phi) is 10.4. The van der Waals surface area contributed by atoms with E-state index in [4.69, 9.17) is 9.47 Å². The Hall–Kier alpha value is -4.95. The number of ether oxygens (including phenoxy) is 2. The minimum absolute atomic E-state index is 0.0194. The number of nitrogens with zero attached hydrogens (tertiary/aromatic N) is 2. The normalized spacial score (nSPS) is 13.2.